The van der Waals surface area contributed by atoms with Gasteiger partial charge in [0.15, 0.2) is 0 Å². The number of nitrogens with zero attached hydrogens (tertiary/aromatic N) is 2. The monoisotopic (exact) mass is 275 g/mol. The van der Waals surface area contributed by atoms with Gasteiger partial charge in [0.1, 0.15) is 5.82 Å². The lowest BCUT2D eigenvalue weighted by Gasteiger charge is -2.23. The van der Waals surface area contributed by atoms with Crippen LogP contribution in [-0.4, -0.2) is 22.0 Å². The van der Waals surface area contributed by atoms with E-state index in [4.69, 9.17) is 0 Å². The predicted molar refractivity (Wildman–Crippen MR) is 75.4 cm³/mol. The largest absolute Gasteiger partial charge is 0.352 e. The molecule has 0 saturated heterocycles. The number of imidazole rings is 1. The van der Waals surface area contributed by atoms with Gasteiger partial charge in [0, 0.05) is 37.3 Å². The van der Waals surface area contributed by atoms with Gasteiger partial charge in [0.25, 0.3) is 5.91 Å². The fourth-order valence-electron chi connectivity index (χ4n) is 2.52. The third kappa shape index (κ3) is 2.56. The molecule has 3 heterocycles. The molecule has 1 atom stereocenters. The fourth-order valence-corrected chi connectivity index (χ4v) is 3.34. The topological polar surface area (TPSA) is 46.9 Å². The van der Waals surface area contributed by atoms with Crippen LogP contribution in [0.15, 0.2) is 23.2 Å². The Morgan fingerprint density at radius 1 is 1.58 bits per heavy atom. The number of fused-ring (bicyclic) bond motifs is 1. The van der Waals surface area contributed by atoms with Gasteiger partial charge >= 0.3 is 0 Å². The van der Waals surface area contributed by atoms with Crippen LogP contribution in [0.25, 0.3) is 0 Å². The number of aromatic nitrogens is 2. The summed E-state index contributed by atoms with van der Waals surface area (Å²) in [4.78, 5) is 16.4. The number of carbonyl (C=O) groups excluding carboxylic acids is 1. The van der Waals surface area contributed by atoms with Crippen LogP contribution in [0.1, 0.15) is 28.2 Å². The molecule has 1 N–H and O–H groups in total. The van der Waals surface area contributed by atoms with Crippen molar-refractivity contribution in [3.63, 3.8) is 0 Å². The van der Waals surface area contributed by atoms with E-state index < -0.39 is 0 Å². The number of carbonyl (C=O) groups is 1. The number of aryl methyl sites for hydroxylation is 2. The zero-order valence-electron chi connectivity index (χ0n) is 10.9. The lowest BCUT2D eigenvalue weighted by Crippen LogP contribution is -2.33. The SMILES string of the molecule is Cc1cscc1C(=O)NC[C@@H]1CCn2ccnc2C1. The van der Waals surface area contributed by atoms with Crippen LogP contribution in [0, 0.1) is 12.8 Å². The maximum Gasteiger partial charge on any atom is 0.252 e. The van der Waals surface area contributed by atoms with Gasteiger partial charge in [-0.25, -0.2) is 4.98 Å². The maximum atomic E-state index is 12.0. The second-order valence-electron chi connectivity index (χ2n) is 5.07. The fraction of sp³-hybridized carbons (Fsp3) is 0.429. The van der Waals surface area contributed by atoms with Gasteiger partial charge in [-0.2, -0.15) is 11.3 Å². The first kappa shape index (κ1) is 12.4. The van der Waals surface area contributed by atoms with Crippen LogP contribution in [0.2, 0.25) is 0 Å². The average Bonchev–Trinajstić information content (AvgIpc) is 3.03. The molecule has 0 saturated carbocycles. The molecule has 0 aromatic carbocycles. The Balaban J connectivity index is 1.56. The van der Waals surface area contributed by atoms with Gasteiger partial charge in [-0.3, -0.25) is 4.79 Å². The maximum absolute atomic E-state index is 12.0. The van der Waals surface area contributed by atoms with Crippen LogP contribution in [0.4, 0.5) is 0 Å². The summed E-state index contributed by atoms with van der Waals surface area (Å²) in [5.41, 5.74) is 1.86. The number of hydrogen-bond acceptors (Lipinski definition) is 3. The second-order valence-corrected chi connectivity index (χ2v) is 5.82. The normalized spacial score (nSPS) is 18.1. The molecule has 5 heteroatoms. The van der Waals surface area contributed by atoms with Crippen molar-refractivity contribution in [1.29, 1.82) is 0 Å². The highest BCUT2D eigenvalue weighted by Gasteiger charge is 2.20. The summed E-state index contributed by atoms with van der Waals surface area (Å²) < 4.78 is 2.20. The molecule has 0 bridgehead atoms. The summed E-state index contributed by atoms with van der Waals surface area (Å²) in [6.07, 6.45) is 5.94. The Bertz CT molecular complexity index is 587. The van der Waals surface area contributed by atoms with Gasteiger partial charge < -0.3 is 9.88 Å². The zero-order chi connectivity index (χ0) is 13.2. The highest BCUT2D eigenvalue weighted by molar-refractivity contribution is 7.08. The molecular weight excluding hydrogens is 258 g/mol. The van der Waals surface area contributed by atoms with Gasteiger partial charge in [-0.1, -0.05) is 0 Å². The minimum Gasteiger partial charge on any atom is -0.352 e. The summed E-state index contributed by atoms with van der Waals surface area (Å²) in [6, 6.07) is 0. The van der Waals surface area contributed by atoms with E-state index in [0.717, 1.165) is 42.9 Å². The van der Waals surface area contributed by atoms with E-state index in [1.807, 2.05) is 30.1 Å². The highest BCUT2D eigenvalue weighted by atomic mass is 32.1. The van der Waals surface area contributed by atoms with Crippen molar-refractivity contribution < 1.29 is 4.79 Å². The molecule has 4 nitrogen and oxygen atoms in total. The minimum atomic E-state index is 0.0488. The Morgan fingerprint density at radius 2 is 2.47 bits per heavy atom. The first-order valence-corrected chi connectivity index (χ1v) is 7.49. The predicted octanol–water partition coefficient (Wildman–Crippen LogP) is 2.25. The van der Waals surface area contributed by atoms with Crippen molar-refractivity contribution in [3.05, 3.63) is 40.1 Å². The number of rotatable bonds is 3. The number of hydrogen-bond donors (Lipinski definition) is 1. The van der Waals surface area contributed by atoms with Gasteiger partial charge in [-0.05, 0) is 30.2 Å². The Hall–Kier alpha value is -1.62. The molecule has 0 fully saturated rings. The first-order valence-electron chi connectivity index (χ1n) is 6.55. The highest BCUT2D eigenvalue weighted by Crippen LogP contribution is 2.19. The molecule has 2 aromatic heterocycles. The van der Waals surface area contributed by atoms with E-state index in [9.17, 15) is 4.79 Å². The summed E-state index contributed by atoms with van der Waals surface area (Å²) >= 11 is 1.57. The molecule has 3 rings (SSSR count). The standard InChI is InChI=1S/C14H17N3OS/c1-10-8-19-9-12(10)14(18)16-7-11-2-4-17-5-3-15-13(17)6-11/h3,5,8-9,11H,2,4,6-7H2,1H3,(H,16,18)/t11-/m1/s1. The molecule has 0 spiro atoms. The van der Waals surface area contributed by atoms with E-state index in [2.05, 4.69) is 14.9 Å². The molecular formula is C14H17N3OS. The molecule has 1 aliphatic heterocycles. The third-order valence-corrected chi connectivity index (χ3v) is 4.56. The molecule has 1 aliphatic rings. The molecule has 100 valence electrons. The van der Waals surface area contributed by atoms with Crippen molar-refractivity contribution >= 4 is 17.2 Å². The van der Waals surface area contributed by atoms with Crippen LogP contribution < -0.4 is 5.32 Å². The molecule has 1 amide bonds. The molecule has 0 aliphatic carbocycles. The Kier molecular flexibility index (Phi) is 3.38. The quantitative estimate of drug-likeness (QED) is 0.934. The molecule has 19 heavy (non-hydrogen) atoms. The summed E-state index contributed by atoms with van der Waals surface area (Å²) in [7, 11) is 0. The zero-order valence-corrected chi connectivity index (χ0v) is 11.7. The smallest absolute Gasteiger partial charge is 0.252 e. The Morgan fingerprint density at radius 3 is 3.26 bits per heavy atom. The van der Waals surface area contributed by atoms with E-state index in [-0.39, 0.29) is 5.91 Å². The van der Waals surface area contributed by atoms with Gasteiger partial charge in [-0.15, -0.1) is 0 Å². The average molecular weight is 275 g/mol. The minimum absolute atomic E-state index is 0.0488. The van der Waals surface area contributed by atoms with Crippen molar-refractivity contribution in [2.75, 3.05) is 6.54 Å². The van der Waals surface area contributed by atoms with Crippen molar-refractivity contribution in [2.45, 2.75) is 26.3 Å². The van der Waals surface area contributed by atoms with Gasteiger partial charge in [0.05, 0.1) is 5.56 Å². The van der Waals surface area contributed by atoms with E-state index in [1.165, 1.54) is 0 Å². The van der Waals surface area contributed by atoms with Crippen LogP contribution in [-0.2, 0) is 13.0 Å². The van der Waals surface area contributed by atoms with E-state index in [0.29, 0.717) is 5.92 Å². The molecule has 2 aromatic rings. The summed E-state index contributed by atoms with van der Waals surface area (Å²) in [5.74, 6) is 1.68. The van der Waals surface area contributed by atoms with E-state index in [1.54, 1.807) is 11.3 Å². The lowest BCUT2D eigenvalue weighted by atomic mass is 9.97. The number of amides is 1. The molecule has 0 radical (unpaired) electrons. The second kappa shape index (κ2) is 5.17. The van der Waals surface area contributed by atoms with Crippen molar-refractivity contribution in [2.24, 2.45) is 5.92 Å². The summed E-state index contributed by atoms with van der Waals surface area (Å²) in [6.45, 7) is 3.72. The van der Waals surface area contributed by atoms with Gasteiger partial charge in [0.2, 0.25) is 0 Å². The molecule has 0 unspecified atom stereocenters. The Labute approximate surface area is 116 Å². The number of nitrogens with one attached hydrogen (secondary N) is 1. The van der Waals surface area contributed by atoms with Crippen LogP contribution >= 0.6 is 11.3 Å². The number of thiophene rings is 1. The van der Waals surface area contributed by atoms with Crippen LogP contribution in [0.3, 0.4) is 0 Å². The third-order valence-electron chi connectivity index (χ3n) is 3.70. The van der Waals surface area contributed by atoms with Crippen LogP contribution in [0.5, 0.6) is 0 Å². The lowest BCUT2D eigenvalue weighted by molar-refractivity contribution is 0.0944. The van der Waals surface area contributed by atoms with Crippen molar-refractivity contribution in [3.8, 4) is 0 Å². The van der Waals surface area contributed by atoms with Crippen molar-refractivity contribution in [1.82, 2.24) is 14.9 Å². The summed E-state index contributed by atoms with van der Waals surface area (Å²) in [5, 5.41) is 6.97. The first-order chi connectivity index (χ1) is 9.24. The van der Waals surface area contributed by atoms with E-state index >= 15 is 0 Å².